The van der Waals surface area contributed by atoms with Crippen molar-refractivity contribution < 1.29 is 63.2 Å². The van der Waals surface area contributed by atoms with Crippen LogP contribution in [0.15, 0.2) is 51.9 Å². The molecule has 0 saturated heterocycles. The van der Waals surface area contributed by atoms with Crippen LogP contribution in [-0.4, -0.2) is 35.7 Å². The second kappa shape index (κ2) is 26.8. The number of hydrogen-bond donors (Lipinski definition) is 3. The van der Waals surface area contributed by atoms with E-state index >= 15 is 0 Å². The molecule has 0 bridgehead atoms. The fourth-order valence-electron chi connectivity index (χ4n) is 4.27. The van der Waals surface area contributed by atoms with E-state index in [1.807, 2.05) is 19.1 Å². The number of nitrogens with zero attached hydrogens (tertiary/aromatic N) is 1. The van der Waals surface area contributed by atoms with E-state index in [-0.39, 0.29) is 40.7 Å². The molecule has 0 spiro atoms. The Hall–Kier alpha value is -7.87. The molecule has 0 amide bonds. The van der Waals surface area contributed by atoms with Crippen molar-refractivity contribution in [1.82, 2.24) is 0 Å². The molecule has 2 atom stereocenters. The van der Waals surface area contributed by atoms with E-state index in [1.54, 1.807) is 44.2 Å². The van der Waals surface area contributed by atoms with Crippen LogP contribution in [0, 0.1) is 167 Å². The minimum Gasteiger partial charge on any atom is -0.508 e. The monoisotopic (exact) mass is 805 g/mol. The predicted molar refractivity (Wildman–Crippen MR) is 248 cm³/mol. The molecule has 2 aromatic carbocycles. The molecule has 0 aromatic heterocycles. The Morgan fingerprint density at radius 2 is 1.18 bits per heavy atom. The van der Waals surface area contributed by atoms with Crippen molar-refractivity contribution in [3.8, 4) is 161 Å². The number of benzene rings is 2. The summed E-state index contributed by atoms with van der Waals surface area (Å²) < 4.78 is 28.2. The molecule has 0 aliphatic carbocycles. The summed E-state index contributed by atoms with van der Waals surface area (Å²) in [5, 5.41) is 34.3. The molecule has 304 valence electrons. The summed E-state index contributed by atoms with van der Waals surface area (Å²) in [6.45, 7) is 5.43. The van der Waals surface area contributed by atoms with Gasteiger partial charge in [-0.1, -0.05) is 43.7 Å². The first-order valence-corrected chi connectivity index (χ1v) is 17.1. The molecule has 0 fully saturated rings. The zero-order valence-corrected chi connectivity index (χ0v) is 31.3. The maximum Gasteiger partial charge on any atom is 0.179 e. The van der Waals surface area contributed by atoms with Gasteiger partial charge in [-0.3, -0.25) is 0 Å². The van der Waals surface area contributed by atoms with Gasteiger partial charge in [0.05, 0.1) is 29.2 Å². The van der Waals surface area contributed by atoms with Gasteiger partial charge >= 0.3 is 0 Å². The molecular weight excluding hydrogens is 747 g/mol. The zero-order chi connectivity index (χ0) is 41.5. The summed E-state index contributed by atoms with van der Waals surface area (Å²) >= 11 is 3.80. The Morgan fingerprint density at radius 3 is 1.54 bits per heavy atom. The van der Waals surface area contributed by atoms with Gasteiger partial charge in [0.2, 0.25) is 0 Å². The number of sulfone groups is 1. The average Bonchev–Trinajstić information content (AvgIpc) is 3.21. The van der Waals surface area contributed by atoms with Crippen molar-refractivity contribution >= 4 is 22.3 Å². The number of phenolic OH excluding ortho intramolecular Hbond substituents is 1. The fraction of sp³-hybridized carbons (Fsp3) is 0.156. The molecule has 0 radical (unpaired) electrons. The van der Waals surface area contributed by atoms with E-state index in [1.165, 1.54) is 0 Å². The van der Waals surface area contributed by atoms with Gasteiger partial charge in [-0.2, -0.15) is 4.99 Å². The largest absolute Gasteiger partial charge is 0.508 e. The Bertz CT molecular complexity index is 2660. The van der Waals surface area contributed by atoms with E-state index in [9.17, 15) is 18.6 Å². The smallest absolute Gasteiger partial charge is 0.179 e. The molecule has 0 unspecified atom stereocenters. The molecule has 56 heavy (non-hydrogen) atoms. The summed E-state index contributed by atoms with van der Waals surface area (Å²) in [5.41, 5.74) is 1.42. The number of aliphatic hydroxyl groups excluding tert-OH is 1. The van der Waals surface area contributed by atoms with Gasteiger partial charge in [-0.15, -0.1) is 12.8 Å². The highest BCUT2D eigenvalue weighted by atomic mass is 32.2. The quantitative estimate of drug-likeness (QED) is 0.125. The number of terminal acetylenes is 2. The third kappa shape index (κ3) is 18.6. The zero-order valence-electron chi connectivity index (χ0n) is 29.7. The van der Waals surface area contributed by atoms with E-state index < -0.39 is 27.3 Å². The standard InChI is InChI=1S/C26H2.C19H22O4S.HNO4S.17H2/c1-3-5-7-9-11-13-15-17-19-21-23-25-26-24-22-20-18-16-14-12-10-8-6-4-2;1-12-7-8-16-15(9-12)17(13-5-4-6-14(20)10-13)18(21)19(2,3)11-24(16,22)23;2-4-5-3-1-6;;;;;;;;;;;;;;;;;/h1-2H;4-10,17-18,20-21H,11H2,1-3H3;2H;17*1H/t;17-,18-;;;;;;;;;;;;;;;;;;/m.1................../s1. The molecule has 11 heteroatoms. The molecule has 1 aliphatic heterocycles. The van der Waals surface area contributed by atoms with Gasteiger partial charge in [0.25, 0.3) is 0 Å². The average molecular weight is 806 g/mol. The molecule has 3 rings (SSSR count). The normalized spacial score (nSPS) is 13.2. The number of phenols is 1. The summed E-state index contributed by atoms with van der Waals surface area (Å²) in [5.74, 6) is 57.6. The van der Waals surface area contributed by atoms with Crippen LogP contribution in [0.25, 0.3) is 0 Å². The van der Waals surface area contributed by atoms with Crippen molar-refractivity contribution in [2.45, 2.75) is 37.7 Å². The molecule has 1 aliphatic rings. The number of aromatic hydroxyl groups is 1. The fourth-order valence-corrected chi connectivity index (χ4v) is 6.42. The Morgan fingerprint density at radius 1 is 0.750 bits per heavy atom. The minimum atomic E-state index is -3.51. The van der Waals surface area contributed by atoms with Crippen LogP contribution in [-0.2, 0) is 37.3 Å². The Labute approximate surface area is 358 Å². The Balaban J connectivity index is -0.0000000425. The topological polar surface area (TPSA) is 135 Å². The van der Waals surface area contributed by atoms with Crippen molar-refractivity contribution in [3.05, 3.63) is 59.2 Å². The van der Waals surface area contributed by atoms with E-state index in [4.69, 9.17) is 18.1 Å². The van der Waals surface area contributed by atoms with Crippen LogP contribution in [0.4, 0.5) is 0 Å². The third-order valence-electron chi connectivity index (χ3n) is 6.29. The second-order valence-electron chi connectivity index (χ2n) is 10.6. The summed E-state index contributed by atoms with van der Waals surface area (Å²) in [6.07, 6.45) is 8.93. The van der Waals surface area contributed by atoms with E-state index in [0.29, 0.717) is 11.1 Å². The van der Waals surface area contributed by atoms with E-state index in [2.05, 4.69) is 174 Å². The van der Waals surface area contributed by atoms with Crippen molar-refractivity contribution in [3.63, 3.8) is 0 Å². The number of aryl methyl sites for hydroxylation is 1. The van der Waals surface area contributed by atoms with Gasteiger partial charge < -0.3 is 10.2 Å². The maximum absolute atomic E-state index is 12.8. The lowest BCUT2D eigenvalue weighted by Crippen LogP contribution is -2.38. The molecular formula is C45H59NO8S2. The summed E-state index contributed by atoms with van der Waals surface area (Å²) in [7, 11) is -3.51. The van der Waals surface area contributed by atoms with Gasteiger partial charge in [0.1, 0.15) is 5.75 Å². The van der Waals surface area contributed by atoms with Crippen LogP contribution in [0.5, 0.6) is 5.75 Å². The molecule has 9 nitrogen and oxygen atoms in total. The van der Waals surface area contributed by atoms with Gasteiger partial charge in [0.15, 0.2) is 9.84 Å². The van der Waals surface area contributed by atoms with Gasteiger partial charge in [0, 0.05) is 92.5 Å². The first-order valence-electron chi connectivity index (χ1n) is 15.1. The Kier molecular flexibility index (Phi) is 22.1. The van der Waals surface area contributed by atoms with Crippen molar-refractivity contribution in [2.24, 2.45) is 9.94 Å². The third-order valence-corrected chi connectivity index (χ3v) is 8.52. The second-order valence-corrected chi connectivity index (χ2v) is 12.7. The van der Waals surface area contributed by atoms with Gasteiger partial charge in [-0.05, 0) is 136 Å². The molecule has 3 N–H and O–H groups in total. The van der Waals surface area contributed by atoms with Gasteiger partial charge in [-0.25, -0.2) is 13.7 Å². The highest BCUT2D eigenvalue weighted by Crippen LogP contribution is 2.45. The summed E-state index contributed by atoms with van der Waals surface area (Å²) in [4.78, 5) is 3.72. The molecule has 2 aromatic rings. The molecule has 0 saturated carbocycles. The van der Waals surface area contributed by atoms with Crippen LogP contribution < -0.4 is 0 Å². The van der Waals surface area contributed by atoms with Crippen molar-refractivity contribution in [1.29, 1.82) is 0 Å². The first-order chi connectivity index (χ1) is 26.9. The van der Waals surface area contributed by atoms with Crippen LogP contribution in [0.3, 0.4) is 0 Å². The van der Waals surface area contributed by atoms with Crippen LogP contribution >= 0.6 is 0 Å². The number of aliphatic hydroxyl groups is 1. The number of rotatable bonds is 4. The maximum atomic E-state index is 12.8. The van der Waals surface area contributed by atoms with Crippen LogP contribution in [0.2, 0.25) is 0 Å². The lowest BCUT2D eigenvalue weighted by atomic mass is 9.75. The minimum absolute atomic E-state index is 0. The predicted octanol–water partition coefficient (Wildman–Crippen LogP) is 7.46. The summed E-state index contributed by atoms with van der Waals surface area (Å²) in [6, 6.07) is 11.9. The van der Waals surface area contributed by atoms with Crippen LogP contribution in [0.1, 0.15) is 60.7 Å². The molecule has 1 heterocycles. The highest BCUT2D eigenvalue weighted by molar-refractivity contribution is 7.91. The lowest BCUT2D eigenvalue weighted by Gasteiger charge is -2.33. The van der Waals surface area contributed by atoms with Crippen molar-refractivity contribution in [2.75, 3.05) is 5.75 Å². The first kappa shape index (κ1) is 46.2. The number of fused-ring (bicyclic) bond motifs is 1. The highest BCUT2D eigenvalue weighted by Gasteiger charge is 2.44. The lowest BCUT2D eigenvalue weighted by molar-refractivity contribution is -0.623. The van der Waals surface area contributed by atoms with E-state index in [0.717, 1.165) is 5.56 Å². The SMILES string of the molecule is C#CC#CC#CC#CC#CC#CC#CC#CC#CC#CC#CC#CC#C.Cc1ccc2c(c1)[C@@H](c1cccc(O)c1)[C@@H](O)C(C)(C)CS2(=O)=O.OOOON=S.[HH].[HH].[HH].[HH].[HH].[HH].[HH].[HH].[HH].[HH].[HH].[HH].[HH].[HH].[HH].[HH].[HH]. The number of hydrogen-bond acceptors (Lipinski definition) is 10.